The number of nitrogens with zero attached hydrogens (tertiary/aromatic N) is 2. The third kappa shape index (κ3) is 4.43. The lowest BCUT2D eigenvalue weighted by Crippen LogP contribution is -2.50. The molecule has 3 heterocycles. The highest BCUT2D eigenvalue weighted by atomic mass is 16.3. The quantitative estimate of drug-likeness (QED) is 0.374. The van der Waals surface area contributed by atoms with Crippen LogP contribution < -0.4 is 16.0 Å². The van der Waals surface area contributed by atoms with Crippen LogP contribution >= 0.6 is 0 Å². The Morgan fingerprint density at radius 1 is 1.21 bits per heavy atom. The third-order valence-corrected chi connectivity index (χ3v) is 6.51. The van der Waals surface area contributed by atoms with E-state index in [9.17, 15) is 4.79 Å². The number of aromatic nitrogens is 1. The molecule has 4 aromatic rings. The predicted octanol–water partition coefficient (Wildman–Crippen LogP) is 4.08. The zero-order valence-electron chi connectivity index (χ0n) is 18.4. The number of carbonyl (C=O) groups excluding carboxylic acids is 1. The number of unbranched alkanes of at least 4 members (excludes halogenated alkanes) is 1. The number of carbonyl (C=O) groups is 1. The smallest absolute Gasteiger partial charge is 0.284 e. The maximum atomic E-state index is 11.4. The van der Waals surface area contributed by atoms with E-state index in [1.807, 2.05) is 30.3 Å². The van der Waals surface area contributed by atoms with Crippen molar-refractivity contribution in [3.05, 3.63) is 65.5 Å². The summed E-state index contributed by atoms with van der Waals surface area (Å²) in [5, 5.41) is 14.9. The van der Waals surface area contributed by atoms with E-state index >= 15 is 0 Å². The van der Waals surface area contributed by atoms with Gasteiger partial charge in [-0.1, -0.05) is 6.42 Å². The van der Waals surface area contributed by atoms with E-state index in [4.69, 9.17) is 15.4 Å². The van der Waals surface area contributed by atoms with Crippen LogP contribution in [0.3, 0.4) is 0 Å². The van der Waals surface area contributed by atoms with Crippen molar-refractivity contribution in [2.75, 3.05) is 24.5 Å². The number of anilines is 1. The number of H-pyrrole nitrogens is 1. The minimum atomic E-state index is -0.548. The molecular weight excluding hydrogens is 414 g/mol. The molecule has 7 nitrogen and oxygen atoms in total. The maximum absolute atomic E-state index is 11.4. The maximum Gasteiger partial charge on any atom is 0.284 e. The van der Waals surface area contributed by atoms with Crippen molar-refractivity contribution in [2.45, 2.75) is 31.7 Å². The largest absolute Gasteiger partial charge is 0.451 e. The number of benzene rings is 2. The van der Waals surface area contributed by atoms with Gasteiger partial charge in [-0.3, -0.25) is 4.79 Å². The summed E-state index contributed by atoms with van der Waals surface area (Å²) in [6.07, 6.45) is 6.44. The minimum absolute atomic E-state index is 0.194. The van der Waals surface area contributed by atoms with Gasteiger partial charge in [0.25, 0.3) is 5.91 Å². The Morgan fingerprint density at radius 3 is 2.97 bits per heavy atom. The number of amides is 1. The van der Waals surface area contributed by atoms with Crippen molar-refractivity contribution >= 4 is 33.5 Å². The molecule has 1 amide bonds. The molecule has 0 spiro atoms. The van der Waals surface area contributed by atoms with Crippen LogP contribution in [0.25, 0.3) is 21.9 Å². The average molecular weight is 442 g/mol. The Labute approximate surface area is 192 Å². The monoisotopic (exact) mass is 441 g/mol. The number of aromatic amines is 1. The molecule has 0 saturated carbocycles. The van der Waals surface area contributed by atoms with E-state index in [1.165, 1.54) is 5.56 Å². The first-order valence-corrected chi connectivity index (χ1v) is 11.4. The van der Waals surface area contributed by atoms with Crippen molar-refractivity contribution in [3.8, 4) is 6.07 Å². The van der Waals surface area contributed by atoms with Gasteiger partial charge in [0, 0.05) is 53.8 Å². The molecule has 2 aromatic heterocycles. The van der Waals surface area contributed by atoms with Crippen LogP contribution in [0.2, 0.25) is 0 Å². The number of nitrogens with two attached hydrogens (primary N) is 1. The number of rotatable bonds is 7. The molecule has 1 aliphatic heterocycles. The van der Waals surface area contributed by atoms with E-state index in [-0.39, 0.29) is 5.76 Å². The van der Waals surface area contributed by atoms with Crippen LogP contribution in [0.4, 0.5) is 5.69 Å². The number of hydrogen-bond donors (Lipinski definition) is 3. The molecule has 2 aromatic carbocycles. The number of hydrogen-bond acceptors (Lipinski definition) is 5. The molecule has 1 fully saturated rings. The molecule has 1 saturated heterocycles. The highest BCUT2D eigenvalue weighted by molar-refractivity contribution is 5.95. The molecule has 168 valence electrons. The molecule has 1 unspecified atom stereocenters. The molecule has 5 rings (SSSR count). The van der Waals surface area contributed by atoms with E-state index in [0.717, 1.165) is 67.3 Å². The first kappa shape index (κ1) is 21.1. The Morgan fingerprint density at radius 2 is 2.12 bits per heavy atom. The third-order valence-electron chi connectivity index (χ3n) is 6.51. The Balaban J connectivity index is 1.17. The fourth-order valence-corrected chi connectivity index (χ4v) is 4.76. The fraction of sp³-hybridized carbons (Fsp3) is 0.308. The first-order chi connectivity index (χ1) is 16.1. The summed E-state index contributed by atoms with van der Waals surface area (Å²) in [7, 11) is 0. The van der Waals surface area contributed by atoms with E-state index in [2.05, 4.69) is 33.5 Å². The van der Waals surface area contributed by atoms with Gasteiger partial charge < -0.3 is 25.4 Å². The van der Waals surface area contributed by atoms with Gasteiger partial charge >= 0.3 is 0 Å². The molecule has 7 heteroatoms. The molecule has 4 N–H and O–H groups in total. The van der Waals surface area contributed by atoms with Crippen molar-refractivity contribution < 1.29 is 9.21 Å². The zero-order chi connectivity index (χ0) is 22.8. The summed E-state index contributed by atoms with van der Waals surface area (Å²) in [6, 6.07) is 16.2. The highest BCUT2D eigenvalue weighted by Gasteiger charge is 2.20. The minimum Gasteiger partial charge on any atom is -0.451 e. The Kier molecular flexibility index (Phi) is 5.76. The van der Waals surface area contributed by atoms with Gasteiger partial charge in [0.15, 0.2) is 5.76 Å². The summed E-state index contributed by atoms with van der Waals surface area (Å²) >= 11 is 0. The van der Waals surface area contributed by atoms with Crippen LogP contribution in [0.5, 0.6) is 0 Å². The predicted molar refractivity (Wildman–Crippen MR) is 129 cm³/mol. The summed E-state index contributed by atoms with van der Waals surface area (Å²) in [5.41, 5.74) is 10.2. The lowest BCUT2D eigenvalue weighted by Gasteiger charge is -2.35. The van der Waals surface area contributed by atoms with Crippen LogP contribution in [0, 0.1) is 11.3 Å². The lowest BCUT2D eigenvalue weighted by atomic mass is 10.0. The number of nitrogens with one attached hydrogen (secondary N) is 2. The highest BCUT2D eigenvalue weighted by Crippen LogP contribution is 2.27. The van der Waals surface area contributed by atoms with E-state index < -0.39 is 5.91 Å². The van der Waals surface area contributed by atoms with Gasteiger partial charge in [-0.15, -0.1) is 0 Å². The summed E-state index contributed by atoms with van der Waals surface area (Å²) in [6.45, 7) is 2.84. The van der Waals surface area contributed by atoms with Gasteiger partial charge in [0.2, 0.25) is 0 Å². The van der Waals surface area contributed by atoms with E-state index in [1.54, 1.807) is 6.07 Å². The summed E-state index contributed by atoms with van der Waals surface area (Å²) < 4.78 is 5.51. The summed E-state index contributed by atoms with van der Waals surface area (Å²) in [4.78, 5) is 17.1. The standard InChI is InChI=1S/C26H27N5O2/c27-14-17-5-7-23-22(11-17)18(15-30-23)3-1-2-4-20-16-31(10-9-29-20)21-6-8-24-19(12-21)13-25(33-24)26(28)32/h5-8,11-13,15,20,29-30H,1-4,9-10,16H2,(H2,28,32). The fourth-order valence-electron chi connectivity index (χ4n) is 4.76. The van der Waals surface area contributed by atoms with Gasteiger partial charge in [-0.2, -0.15) is 5.26 Å². The summed E-state index contributed by atoms with van der Waals surface area (Å²) in [5.74, 6) is -0.354. The molecular formula is C26H27N5O2. The lowest BCUT2D eigenvalue weighted by molar-refractivity contribution is 0.0976. The second-order valence-corrected chi connectivity index (χ2v) is 8.73. The Bertz CT molecular complexity index is 1350. The van der Waals surface area contributed by atoms with Crippen LogP contribution in [-0.4, -0.2) is 36.6 Å². The van der Waals surface area contributed by atoms with Crippen LogP contribution in [-0.2, 0) is 6.42 Å². The topological polar surface area (TPSA) is 111 Å². The number of fused-ring (bicyclic) bond motifs is 2. The van der Waals surface area contributed by atoms with Crippen molar-refractivity contribution in [2.24, 2.45) is 5.73 Å². The van der Waals surface area contributed by atoms with Crippen LogP contribution in [0.15, 0.2) is 53.1 Å². The Hall–Kier alpha value is -3.76. The molecule has 0 aliphatic carbocycles. The van der Waals surface area contributed by atoms with Gasteiger partial charge in [0.1, 0.15) is 5.58 Å². The van der Waals surface area contributed by atoms with Crippen LogP contribution in [0.1, 0.15) is 40.9 Å². The zero-order valence-corrected chi connectivity index (χ0v) is 18.4. The number of primary amides is 1. The molecule has 0 radical (unpaired) electrons. The number of furan rings is 1. The van der Waals surface area contributed by atoms with Crippen molar-refractivity contribution in [3.63, 3.8) is 0 Å². The molecule has 1 aliphatic rings. The second kappa shape index (κ2) is 9.00. The number of piperazine rings is 1. The van der Waals surface area contributed by atoms with Crippen molar-refractivity contribution in [1.82, 2.24) is 10.3 Å². The molecule has 0 bridgehead atoms. The SMILES string of the molecule is N#Cc1ccc2[nH]cc(CCCCC3CN(c4ccc5oc(C(N)=O)cc5c4)CCN3)c2c1. The molecule has 1 atom stereocenters. The van der Waals surface area contributed by atoms with Gasteiger partial charge in [-0.25, -0.2) is 0 Å². The average Bonchev–Trinajstić information content (AvgIpc) is 3.45. The normalized spacial score (nSPS) is 16.3. The molecule has 33 heavy (non-hydrogen) atoms. The second-order valence-electron chi connectivity index (χ2n) is 8.73. The van der Waals surface area contributed by atoms with Gasteiger partial charge in [-0.05, 0) is 67.3 Å². The van der Waals surface area contributed by atoms with Crippen molar-refractivity contribution in [1.29, 1.82) is 5.26 Å². The number of aryl methyl sites for hydroxylation is 1. The van der Waals surface area contributed by atoms with Gasteiger partial charge in [0.05, 0.1) is 11.6 Å². The first-order valence-electron chi connectivity index (χ1n) is 11.4. The number of nitriles is 1. The van der Waals surface area contributed by atoms with E-state index in [0.29, 0.717) is 17.2 Å².